The molecule has 122 valence electrons. The smallest absolute Gasteiger partial charge is 0.230 e. The maximum absolute atomic E-state index is 12.5. The van der Waals surface area contributed by atoms with Crippen LogP contribution in [0.1, 0.15) is 24.1 Å². The first-order valence-corrected chi connectivity index (χ1v) is 7.87. The predicted molar refractivity (Wildman–Crippen MR) is 89.3 cm³/mol. The second kappa shape index (κ2) is 7.04. The molecule has 1 fully saturated rings. The van der Waals surface area contributed by atoms with E-state index in [1.807, 2.05) is 17.9 Å². The van der Waals surface area contributed by atoms with Crippen LogP contribution in [0.3, 0.4) is 0 Å². The normalized spacial score (nSPS) is 17.2. The number of rotatable bonds is 3. The number of amides is 1. The van der Waals surface area contributed by atoms with Gasteiger partial charge in [0, 0.05) is 31.7 Å². The van der Waals surface area contributed by atoms with Crippen molar-refractivity contribution in [2.24, 2.45) is 5.92 Å². The molecule has 1 N–H and O–H groups in total. The van der Waals surface area contributed by atoms with E-state index in [1.165, 1.54) is 6.20 Å². The number of nitrogens with zero attached hydrogens (tertiary/aromatic N) is 5. The van der Waals surface area contributed by atoms with Crippen molar-refractivity contribution in [2.75, 3.05) is 23.3 Å². The molecule has 2 aromatic heterocycles. The Morgan fingerprint density at radius 3 is 2.92 bits per heavy atom. The number of pyridine rings is 1. The van der Waals surface area contributed by atoms with Gasteiger partial charge in [0.2, 0.25) is 5.91 Å². The van der Waals surface area contributed by atoms with Crippen LogP contribution < -0.4 is 10.2 Å². The van der Waals surface area contributed by atoms with Crippen molar-refractivity contribution >= 4 is 17.5 Å². The summed E-state index contributed by atoms with van der Waals surface area (Å²) in [6, 6.07) is 5.76. The van der Waals surface area contributed by atoms with E-state index >= 15 is 0 Å². The second-order valence-corrected chi connectivity index (χ2v) is 5.84. The summed E-state index contributed by atoms with van der Waals surface area (Å²) in [5.74, 6) is 0.875. The van der Waals surface area contributed by atoms with Crippen LogP contribution in [0.25, 0.3) is 0 Å². The summed E-state index contributed by atoms with van der Waals surface area (Å²) in [4.78, 5) is 27.0. The van der Waals surface area contributed by atoms with Crippen LogP contribution in [-0.2, 0) is 4.79 Å². The molecular formula is C17H18N6O. The topological polar surface area (TPSA) is 94.8 Å². The third-order valence-corrected chi connectivity index (χ3v) is 4.04. The van der Waals surface area contributed by atoms with Gasteiger partial charge < -0.3 is 10.2 Å². The molecule has 0 saturated carbocycles. The summed E-state index contributed by atoms with van der Waals surface area (Å²) in [5.41, 5.74) is 1.34. The van der Waals surface area contributed by atoms with Gasteiger partial charge in [0.15, 0.2) is 11.5 Å². The Hall–Kier alpha value is -3.01. The lowest BCUT2D eigenvalue weighted by atomic mass is 9.97. The van der Waals surface area contributed by atoms with Gasteiger partial charge in [-0.05, 0) is 31.4 Å². The molecule has 0 aliphatic carbocycles. The monoisotopic (exact) mass is 322 g/mol. The van der Waals surface area contributed by atoms with Crippen molar-refractivity contribution < 1.29 is 4.79 Å². The van der Waals surface area contributed by atoms with Crippen LogP contribution in [0.15, 0.2) is 30.7 Å². The SMILES string of the molecule is Cc1ccc(NC(=O)C2CCCN(c3nccnc3C#N)C2)nc1. The number of anilines is 2. The first-order valence-electron chi connectivity index (χ1n) is 7.87. The zero-order valence-electron chi connectivity index (χ0n) is 13.4. The van der Waals surface area contributed by atoms with Crippen LogP contribution in [0.4, 0.5) is 11.6 Å². The highest BCUT2D eigenvalue weighted by Crippen LogP contribution is 2.24. The Balaban J connectivity index is 1.70. The minimum atomic E-state index is -0.171. The van der Waals surface area contributed by atoms with E-state index in [0.717, 1.165) is 24.9 Å². The van der Waals surface area contributed by atoms with Crippen molar-refractivity contribution in [3.05, 3.63) is 42.0 Å². The average Bonchev–Trinajstić information content (AvgIpc) is 2.63. The van der Waals surface area contributed by atoms with Gasteiger partial charge in [-0.3, -0.25) is 4.79 Å². The second-order valence-electron chi connectivity index (χ2n) is 5.84. The predicted octanol–water partition coefficient (Wildman–Crippen LogP) is 1.91. The van der Waals surface area contributed by atoms with E-state index < -0.39 is 0 Å². The van der Waals surface area contributed by atoms with E-state index in [-0.39, 0.29) is 11.8 Å². The molecule has 1 aliphatic heterocycles. The Bertz CT molecular complexity index is 767. The van der Waals surface area contributed by atoms with Crippen LogP contribution in [0.2, 0.25) is 0 Å². The lowest BCUT2D eigenvalue weighted by molar-refractivity contribution is -0.120. The van der Waals surface area contributed by atoms with E-state index in [2.05, 4.69) is 26.3 Å². The number of aromatic nitrogens is 3. The molecule has 0 bridgehead atoms. The molecule has 1 saturated heterocycles. The molecule has 1 amide bonds. The quantitative estimate of drug-likeness (QED) is 0.927. The molecule has 2 aromatic rings. The number of aryl methyl sites for hydroxylation is 1. The molecule has 24 heavy (non-hydrogen) atoms. The largest absolute Gasteiger partial charge is 0.353 e. The Labute approximate surface area is 140 Å². The average molecular weight is 322 g/mol. The lowest BCUT2D eigenvalue weighted by Gasteiger charge is -2.32. The number of carbonyl (C=O) groups is 1. The summed E-state index contributed by atoms with van der Waals surface area (Å²) < 4.78 is 0. The van der Waals surface area contributed by atoms with Crippen molar-refractivity contribution in [3.8, 4) is 6.07 Å². The standard InChI is InChI=1S/C17H18N6O/c1-12-4-5-15(21-10-12)22-17(24)13-3-2-8-23(11-13)16-14(9-18)19-6-7-20-16/h4-7,10,13H,2-3,8,11H2,1H3,(H,21,22,24). The van der Waals surface area contributed by atoms with Crippen LogP contribution in [0.5, 0.6) is 0 Å². The molecule has 3 heterocycles. The molecule has 0 aromatic carbocycles. The van der Waals surface area contributed by atoms with Gasteiger partial charge in [0.1, 0.15) is 11.9 Å². The van der Waals surface area contributed by atoms with Crippen LogP contribution >= 0.6 is 0 Å². The van der Waals surface area contributed by atoms with Gasteiger partial charge in [-0.2, -0.15) is 5.26 Å². The molecule has 3 rings (SSSR count). The molecule has 7 heteroatoms. The maximum atomic E-state index is 12.5. The molecule has 7 nitrogen and oxygen atoms in total. The summed E-state index contributed by atoms with van der Waals surface area (Å²) in [7, 11) is 0. The number of piperidine rings is 1. The molecule has 0 spiro atoms. The maximum Gasteiger partial charge on any atom is 0.230 e. The zero-order chi connectivity index (χ0) is 16.9. The van der Waals surface area contributed by atoms with Gasteiger partial charge in [-0.1, -0.05) is 6.07 Å². The number of hydrogen-bond acceptors (Lipinski definition) is 6. The fourth-order valence-corrected chi connectivity index (χ4v) is 2.79. The van der Waals surface area contributed by atoms with E-state index in [0.29, 0.717) is 23.9 Å². The van der Waals surface area contributed by atoms with E-state index in [4.69, 9.17) is 0 Å². The fourth-order valence-electron chi connectivity index (χ4n) is 2.79. The van der Waals surface area contributed by atoms with Gasteiger partial charge >= 0.3 is 0 Å². The fraction of sp³-hybridized carbons (Fsp3) is 0.353. The van der Waals surface area contributed by atoms with Crippen molar-refractivity contribution in [3.63, 3.8) is 0 Å². The summed E-state index contributed by atoms with van der Waals surface area (Å²) >= 11 is 0. The molecule has 1 aliphatic rings. The Morgan fingerprint density at radius 1 is 1.33 bits per heavy atom. The van der Waals surface area contributed by atoms with E-state index in [1.54, 1.807) is 18.5 Å². The highest BCUT2D eigenvalue weighted by Gasteiger charge is 2.28. The molecule has 0 radical (unpaired) electrons. The summed E-state index contributed by atoms with van der Waals surface area (Å²) in [5, 5.41) is 12.0. The lowest BCUT2D eigenvalue weighted by Crippen LogP contribution is -2.41. The molecular weight excluding hydrogens is 304 g/mol. The van der Waals surface area contributed by atoms with Crippen molar-refractivity contribution in [1.29, 1.82) is 5.26 Å². The first-order chi connectivity index (χ1) is 11.7. The number of nitrogens with one attached hydrogen (secondary N) is 1. The highest BCUT2D eigenvalue weighted by molar-refractivity contribution is 5.92. The first kappa shape index (κ1) is 15.9. The number of hydrogen-bond donors (Lipinski definition) is 1. The molecule has 1 atom stereocenters. The third-order valence-electron chi connectivity index (χ3n) is 4.04. The Morgan fingerprint density at radius 2 is 2.17 bits per heavy atom. The van der Waals surface area contributed by atoms with Gasteiger partial charge in [0.05, 0.1) is 5.92 Å². The minimum absolute atomic E-state index is 0.0570. The van der Waals surface area contributed by atoms with Crippen molar-refractivity contribution in [1.82, 2.24) is 15.0 Å². The highest BCUT2D eigenvalue weighted by atomic mass is 16.2. The van der Waals surface area contributed by atoms with Crippen LogP contribution in [-0.4, -0.2) is 33.9 Å². The third kappa shape index (κ3) is 3.49. The summed E-state index contributed by atoms with van der Waals surface area (Å²) in [6.45, 7) is 3.23. The van der Waals surface area contributed by atoms with Gasteiger partial charge in [-0.25, -0.2) is 15.0 Å². The summed E-state index contributed by atoms with van der Waals surface area (Å²) in [6.07, 6.45) is 6.45. The van der Waals surface area contributed by atoms with Crippen molar-refractivity contribution in [2.45, 2.75) is 19.8 Å². The molecule has 1 unspecified atom stereocenters. The Kier molecular flexibility index (Phi) is 4.66. The number of carbonyl (C=O) groups excluding carboxylic acids is 1. The van der Waals surface area contributed by atoms with Crippen LogP contribution in [0, 0.1) is 24.2 Å². The minimum Gasteiger partial charge on any atom is -0.353 e. The number of nitriles is 1. The van der Waals surface area contributed by atoms with Gasteiger partial charge in [0.25, 0.3) is 0 Å². The zero-order valence-corrected chi connectivity index (χ0v) is 13.4. The van der Waals surface area contributed by atoms with Gasteiger partial charge in [-0.15, -0.1) is 0 Å². The van der Waals surface area contributed by atoms with E-state index in [9.17, 15) is 10.1 Å².